The molecule has 2 rings (SSSR count). The fourth-order valence-corrected chi connectivity index (χ4v) is 2.25. The standard InChI is InChI=1S/C13H15N2O3/c1-4-7-14-11-6-5-9(15(17)18)8-10(11)13(2,3)12(14)16/h4-6,8H,1,7H2,2-3H3,(H,17,18)/q+1. The molecule has 0 atom stereocenters. The molecular formula is C13H15N2O3+. The summed E-state index contributed by atoms with van der Waals surface area (Å²) in [6.45, 7) is 7.66. The van der Waals surface area contributed by atoms with Crippen LogP contribution in [0.3, 0.4) is 0 Å². The maximum atomic E-state index is 12.3. The predicted molar refractivity (Wildman–Crippen MR) is 67.1 cm³/mol. The van der Waals surface area contributed by atoms with Gasteiger partial charge >= 0.3 is 5.69 Å². The zero-order chi connectivity index (χ0) is 13.5. The molecule has 0 aliphatic carbocycles. The van der Waals surface area contributed by atoms with Crippen molar-refractivity contribution < 1.29 is 14.9 Å². The Balaban J connectivity index is 2.60. The highest BCUT2D eigenvalue weighted by molar-refractivity contribution is 6.07. The third-order valence-corrected chi connectivity index (χ3v) is 3.26. The summed E-state index contributed by atoms with van der Waals surface area (Å²) in [6, 6.07) is 4.70. The SMILES string of the molecule is C=CCN1C(=O)C(C)(C)c2cc([N+](=O)O)ccc21. The molecule has 5 heteroatoms. The fourth-order valence-electron chi connectivity index (χ4n) is 2.25. The smallest absolute Gasteiger partial charge is 0.308 e. The van der Waals surface area contributed by atoms with Gasteiger partial charge in [-0.2, -0.15) is 0 Å². The van der Waals surface area contributed by atoms with Crippen LogP contribution in [0.5, 0.6) is 0 Å². The first kappa shape index (κ1) is 12.3. The van der Waals surface area contributed by atoms with Crippen LogP contribution in [0, 0.1) is 4.91 Å². The van der Waals surface area contributed by atoms with E-state index in [2.05, 4.69) is 6.58 Å². The maximum absolute atomic E-state index is 12.3. The Morgan fingerprint density at radius 3 is 2.72 bits per heavy atom. The van der Waals surface area contributed by atoms with E-state index in [-0.39, 0.29) is 16.5 Å². The lowest BCUT2D eigenvalue weighted by molar-refractivity contribution is -0.729. The van der Waals surface area contributed by atoms with Crippen LogP contribution in [-0.4, -0.2) is 22.6 Å². The van der Waals surface area contributed by atoms with Crippen molar-refractivity contribution in [1.82, 2.24) is 0 Å². The number of carbonyl (C=O) groups excluding carboxylic acids is 1. The van der Waals surface area contributed by atoms with Gasteiger partial charge in [0.15, 0.2) is 0 Å². The Bertz CT molecular complexity index is 549. The Morgan fingerprint density at radius 2 is 2.17 bits per heavy atom. The van der Waals surface area contributed by atoms with Crippen LogP contribution < -0.4 is 4.90 Å². The van der Waals surface area contributed by atoms with E-state index in [0.717, 1.165) is 11.3 Å². The van der Waals surface area contributed by atoms with Crippen LogP contribution in [0.1, 0.15) is 19.4 Å². The molecule has 0 fully saturated rings. The maximum Gasteiger partial charge on any atom is 0.317 e. The van der Waals surface area contributed by atoms with E-state index in [4.69, 9.17) is 5.21 Å². The van der Waals surface area contributed by atoms with Crippen LogP contribution in [0.25, 0.3) is 0 Å². The molecule has 0 spiro atoms. The van der Waals surface area contributed by atoms with Crippen molar-refractivity contribution in [3.63, 3.8) is 0 Å². The molecule has 0 saturated carbocycles. The molecule has 1 aromatic rings. The molecule has 1 aliphatic heterocycles. The third-order valence-electron chi connectivity index (χ3n) is 3.26. The Morgan fingerprint density at radius 1 is 1.50 bits per heavy atom. The van der Waals surface area contributed by atoms with Crippen molar-refractivity contribution in [3.8, 4) is 0 Å². The van der Waals surface area contributed by atoms with Gasteiger partial charge < -0.3 is 4.90 Å². The minimum absolute atomic E-state index is 0.0371. The van der Waals surface area contributed by atoms with E-state index in [1.807, 2.05) is 0 Å². The Hall–Kier alpha value is -2.17. The number of hydrogen-bond acceptors (Lipinski definition) is 2. The van der Waals surface area contributed by atoms with E-state index >= 15 is 0 Å². The van der Waals surface area contributed by atoms with Crippen LogP contribution in [0.2, 0.25) is 0 Å². The first-order valence-corrected chi connectivity index (χ1v) is 5.63. The topological polar surface area (TPSA) is 60.6 Å². The number of hydrogen-bond donors (Lipinski definition) is 1. The molecule has 1 N–H and O–H groups in total. The summed E-state index contributed by atoms with van der Waals surface area (Å²) >= 11 is 0. The molecule has 1 aromatic carbocycles. The molecule has 0 unspecified atom stereocenters. The van der Waals surface area contributed by atoms with E-state index < -0.39 is 5.41 Å². The summed E-state index contributed by atoms with van der Waals surface area (Å²) in [5, 5.41) is 8.92. The molecular weight excluding hydrogens is 232 g/mol. The van der Waals surface area contributed by atoms with Crippen LogP contribution in [0.4, 0.5) is 11.4 Å². The predicted octanol–water partition coefficient (Wildman–Crippen LogP) is 2.30. The first-order chi connectivity index (χ1) is 8.39. The molecule has 0 saturated heterocycles. The highest BCUT2D eigenvalue weighted by Crippen LogP contribution is 2.42. The van der Waals surface area contributed by atoms with Crippen LogP contribution in [-0.2, 0) is 10.2 Å². The quantitative estimate of drug-likeness (QED) is 0.658. The van der Waals surface area contributed by atoms with Gasteiger partial charge in [-0.25, -0.2) is 5.21 Å². The average molecular weight is 247 g/mol. The van der Waals surface area contributed by atoms with Crippen molar-refractivity contribution >= 4 is 17.3 Å². The number of benzene rings is 1. The second-order valence-corrected chi connectivity index (χ2v) is 4.80. The summed E-state index contributed by atoms with van der Waals surface area (Å²) in [5.74, 6) is -0.0371. The molecule has 0 radical (unpaired) electrons. The van der Waals surface area contributed by atoms with Crippen molar-refractivity contribution in [2.24, 2.45) is 0 Å². The Labute approximate surface area is 105 Å². The second-order valence-electron chi connectivity index (χ2n) is 4.80. The summed E-state index contributed by atoms with van der Waals surface area (Å²) in [6.07, 6.45) is 1.66. The molecule has 1 amide bonds. The highest BCUT2D eigenvalue weighted by Gasteiger charge is 2.44. The molecule has 0 aromatic heterocycles. The number of rotatable bonds is 3. The van der Waals surface area contributed by atoms with E-state index in [9.17, 15) is 9.70 Å². The normalized spacial score (nSPS) is 16.6. The minimum Gasteiger partial charge on any atom is -0.308 e. The van der Waals surface area contributed by atoms with Gasteiger partial charge in [0.2, 0.25) is 5.91 Å². The lowest BCUT2D eigenvalue weighted by atomic mass is 9.86. The van der Waals surface area contributed by atoms with Gasteiger partial charge in [-0.3, -0.25) is 4.79 Å². The summed E-state index contributed by atoms with van der Waals surface area (Å²) < 4.78 is 0. The fraction of sp³-hybridized carbons (Fsp3) is 0.308. The number of carbonyl (C=O) groups is 1. The van der Waals surface area contributed by atoms with Crippen molar-refractivity contribution in [2.75, 3.05) is 11.4 Å². The van der Waals surface area contributed by atoms with Crippen molar-refractivity contribution in [1.29, 1.82) is 0 Å². The largest absolute Gasteiger partial charge is 0.317 e. The molecule has 94 valence electrons. The summed E-state index contributed by atoms with van der Waals surface area (Å²) in [7, 11) is 0. The monoisotopic (exact) mass is 247 g/mol. The molecule has 18 heavy (non-hydrogen) atoms. The molecule has 0 bridgehead atoms. The zero-order valence-corrected chi connectivity index (χ0v) is 10.4. The van der Waals surface area contributed by atoms with E-state index in [0.29, 0.717) is 6.54 Å². The molecule has 5 nitrogen and oxygen atoms in total. The third kappa shape index (κ3) is 1.59. The molecule has 1 aliphatic rings. The lowest BCUT2D eigenvalue weighted by Crippen LogP contribution is -2.36. The zero-order valence-electron chi connectivity index (χ0n) is 10.4. The van der Waals surface area contributed by atoms with E-state index in [1.165, 1.54) is 6.07 Å². The lowest BCUT2D eigenvalue weighted by Gasteiger charge is -2.18. The van der Waals surface area contributed by atoms with E-state index in [1.54, 1.807) is 37.0 Å². The van der Waals surface area contributed by atoms with Gasteiger partial charge in [-0.05, 0) is 25.5 Å². The minimum atomic E-state index is -0.704. The highest BCUT2D eigenvalue weighted by atomic mass is 16.6. The summed E-state index contributed by atoms with van der Waals surface area (Å²) in [5.41, 5.74) is 0.914. The first-order valence-electron chi connectivity index (χ1n) is 5.63. The van der Waals surface area contributed by atoms with Crippen molar-refractivity contribution in [3.05, 3.63) is 41.3 Å². The average Bonchev–Trinajstić information content (AvgIpc) is 2.51. The number of amides is 1. The van der Waals surface area contributed by atoms with Gasteiger partial charge in [0, 0.05) is 24.4 Å². The number of fused-ring (bicyclic) bond motifs is 1. The van der Waals surface area contributed by atoms with Gasteiger partial charge in [0.1, 0.15) is 0 Å². The number of anilines is 1. The molecule has 1 heterocycles. The Kier molecular flexibility index (Phi) is 2.69. The van der Waals surface area contributed by atoms with Crippen molar-refractivity contribution in [2.45, 2.75) is 19.3 Å². The van der Waals surface area contributed by atoms with Crippen LogP contribution in [0.15, 0.2) is 30.9 Å². The van der Waals surface area contributed by atoms with Gasteiger partial charge in [0.25, 0.3) is 4.92 Å². The van der Waals surface area contributed by atoms with Crippen LogP contribution >= 0.6 is 0 Å². The second kappa shape index (κ2) is 3.94. The van der Waals surface area contributed by atoms with Gasteiger partial charge in [-0.15, -0.1) is 6.58 Å². The van der Waals surface area contributed by atoms with Gasteiger partial charge in [0.05, 0.1) is 10.3 Å². The van der Waals surface area contributed by atoms with Gasteiger partial charge in [-0.1, -0.05) is 6.08 Å². The summed E-state index contributed by atoms with van der Waals surface area (Å²) in [4.78, 5) is 24.6. The number of nitrogens with zero attached hydrogens (tertiary/aromatic N) is 2.